The van der Waals surface area contributed by atoms with Crippen molar-refractivity contribution in [3.8, 4) is 0 Å². The monoisotopic (exact) mass is 545 g/mol. The highest BCUT2D eigenvalue weighted by atomic mass is 19.3. The fourth-order valence-electron chi connectivity index (χ4n) is 5.66. The summed E-state index contributed by atoms with van der Waals surface area (Å²) in [5.74, 6) is -3.31. The number of aliphatic hydroxyl groups excluding tert-OH is 2. The highest BCUT2D eigenvalue weighted by molar-refractivity contribution is 5.62. The molecule has 9 nitrogen and oxygen atoms in total. The van der Waals surface area contributed by atoms with Gasteiger partial charge in [0.1, 0.15) is 11.6 Å². The SMILES string of the molecule is Cc1cc(Nc2nc(Nc3cc(C)c([C@H]4CC[C@H](N5C[C@H](O)[C@@H](O)C5)CC4)cc3F)ncc2C(C)(F)F)n[nH]1. The van der Waals surface area contributed by atoms with Crippen LogP contribution < -0.4 is 10.6 Å². The Kier molecular flexibility index (Phi) is 7.53. The van der Waals surface area contributed by atoms with Gasteiger partial charge < -0.3 is 20.8 Å². The molecule has 0 unspecified atom stereocenters. The molecule has 0 spiro atoms. The molecule has 2 aliphatic rings. The molecule has 210 valence electrons. The first-order valence-corrected chi connectivity index (χ1v) is 13.2. The number of alkyl halides is 2. The number of halogens is 3. The number of rotatable bonds is 7. The van der Waals surface area contributed by atoms with E-state index in [1.54, 1.807) is 19.1 Å². The van der Waals surface area contributed by atoms with E-state index in [0.717, 1.165) is 55.6 Å². The van der Waals surface area contributed by atoms with Crippen LogP contribution in [0.3, 0.4) is 0 Å². The Labute approximate surface area is 224 Å². The second-order valence-corrected chi connectivity index (χ2v) is 10.8. The van der Waals surface area contributed by atoms with Crippen molar-refractivity contribution in [1.82, 2.24) is 25.1 Å². The lowest BCUT2D eigenvalue weighted by Crippen LogP contribution is -2.37. The standard InChI is InChI=1S/C27H34F3N7O2/c1-14-8-21(20(28)10-18(14)16-4-6-17(7-5-16)37-12-22(38)23(39)13-37)32-26-31-11-19(27(3,29)30)25(34-26)33-24-9-15(2)35-36-24/h8-11,16-17,22-23,38-39H,4-7,12-13H2,1-3H3,(H3,31,32,33,34,35,36)/t16-,17-,22-,23-/m0/s1. The maximum Gasteiger partial charge on any atom is 0.275 e. The highest BCUT2D eigenvalue weighted by Gasteiger charge is 2.36. The van der Waals surface area contributed by atoms with Crippen molar-refractivity contribution in [2.75, 3.05) is 23.7 Å². The lowest BCUT2D eigenvalue weighted by atomic mass is 9.79. The second-order valence-electron chi connectivity index (χ2n) is 10.8. The Morgan fingerprint density at radius 2 is 1.72 bits per heavy atom. The van der Waals surface area contributed by atoms with Crippen LogP contribution in [0, 0.1) is 19.7 Å². The van der Waals surface area contributed by atoms with E-state index in [9.17, 15) is 19.0 Å². The van der Waals surface area contributed by atoms with E-state index in [2.05, 4.69) is 35.7 Å². The summed E-state index contributed by atoms with van der Waals surface area (Å²) in [6, 6.07) is 5.19. The Morgan fingerprint density at radius 1 is 1.03 bits per heavy atom. The minimum atomic E-state index is -3.21. The number of likely N-dealkylation sites (tertiary alicyclic amines) is 1. The first-order valence-electron chi connectivity index (χ1n) is 13.2. The number of nitrogens with one attached hydrogen (secondary N) is 3. The molecule has 3 aromatic rings. The van der Waals surface area contributed by atoms with Crippen molar-refractivity contribution in [2.24, 2.45) is 0 Å². The van der Waals surface area contributed by atoms with Crippen LogP contribution in [-0.2, 0) is 5.92 Å². The average Bonchev–Trinajstić information content (AvgIpc) is 3.44. The predicted molar refractivity (Wildman–Crippen MR) is 141 cm³/mol. The minimum Gasteiger partial charge on any atom is -0.389 e. The maximum absolute atomic E-state index is 15.3. The van der Waals surface area contributed by atoms with Gasteiger partial charge in [0, 0.05) is 44.0 Å². The number of benzene rings is 1. The van der Waals surface area contributed by atoms with Gasteiger partial charge in [0.2, 0.25) is 5.95 Å². The van der Waals surface area contributed by atoms with E-state index in [1.807, 2.05) is 6.92 Å². The third-order valence-corrected chi connectivity index (χ3v) is 7.76. The molecular weight excluding hydrogens is 511 g/mol. The van der Waals surface area contributed by atoms with Crippen molar-refractivity contribution in [3.05, 3.63) is 52.6 Å². The van der Waals surface area contributed by atoms with Gasteiger partial charge in [-0.3, -0.25) is 10.00 Å². The molecule has 0 bridgehead atoms. The quantitative estimate of drug-likeness (QED) is 0.292. The molecule has 1 saturated heterocycles. The molecule has 12 heteroatoms. The molecule has 2 atom stereocenters. The molecule has 1 saturated carbocycles. The number of hydrogen-bond donors (Lipinski definition) is 5. The van der Waals surface area contributed by atoms with Crippen molar-refractivity contribution in [1.29, 1.82) is 0 Å². The van der Waals surface area contributed by atoms with Crippen LogP contribution in [0.5, 0.6) is 0 Å². The van der Waals surface area contributed by atoms with E-state index < -0.39 is 29.5 Å². The smallest absolute Gasteiger partial charge is 0.275 e. The summed E-state index contributed by atoms with van der Waals surface area (Å²) in [5.41, 5.74) is 2.35. The second kappa shape index (κ2) is 10.7. The van der Waals surface area contributed by atoms with Gasteiger partial charge in [-0.25, -0.2) is 18.2 Å². The van der Waals surface area contributed by atoms with Gasteiger partial charge >= 0.3 is 0 Å². The Morgan fingerprint density at radius 3 is 2.33 bits per heavy atom. The van der Waals surface area contributed by atoms with Gasteiger partial charge in [-0.2, -0.15) is 10.1 Å². The van der Waals surface area contributed by atoms with Crippen LogP contribution in [0.4, 0.5) is 36.4 Å². The predicted octanol–water partition coefficient (Wildman–Crippen LogP) is 4.62. The van der Waals surface area contributed by atoms with Crippen molar-refractivity contribution in [2.45, 2.75) is 76.5 Å². The van der Waals surface area contributed by atoms with E-state index >= 15 is 4.39 Å². The molecule has 39 heavy (non-hydrogen) atoms. The number of aryl methyl sites for hydroxylation is 2. The van der Waals surface area contributed by atoms with Gasteiger partial charge in [0.15, 0.2) is 5.82 Å². The van der Waals surface area contributed by atoms with Gasteiger partial charge in [-0.05, 0) is 68.7 Å². The lowest BCUT2D eigenvalue weighted by molar-refractivity contribution is 0.0176. The number of H-pyrrole nitrogens is 1. The molecular formula is C27H34F3N7O2. The molecule has 3 heterocycles. The maximum atomic E-state index is 15.3. The summed E-state index contributed by atoms with van der Waals surface area (Å²) in [4.78, 5) is 10.4. The highest BCUT2D eigenvalue weighted by Crippen LogP contribution is 2.39. The van der Waals surface area contributed by atoms with Gasteiger partial charge in [-0.15, -0.1) is 0 Å². The molecule has 1 aliphatic heterocycles. The van der Waals surface area contributed by atoms with Crippen LogP contribution in [-0.4, -0.2) is 66.6 Å². The summed E-state index contributed by atoms with van der Waals surface area (Å²) in [6.07, 6.45) is 3.23. The van der Waals surface area contributed by atoms with Gasteiger partial charge in [0.05, 0.1) is 23.5 Å². The molecule has 2 aromatic heterocycles. The third-order valence-electron chi connectivity index (χ3n) is 7.76. The summed E-state index contributed by atoms with van der Waals surface area (Å²) in [6.45, 7) is 5.44. The average molecular weight is 546 g/mol. The summed E-state index contributed by atoms with van der Waals surface area (Å²) in [7, 11) is 0. The molecule has 0 radical (unpaired) electrons. The Balaban J connectivity index is 1.30. The zero-order chi connectivity index (χ0) is 27.9. The van der Waals surface area contributed by atoms with Crippen molar-refractivity contribution in [3.63, 3.8) is 0 Å². The van der Waals surface area contributed by atoms with Crippen molar-refractivity contribution >= 4 is 23.3 Å². The summed E-state index contributed by atoms with van der Waals surface area (Å²) in [5, 5.41) is 32.1. The topological polar surface area (TPSA) is 122 Å². The van der Waals surface area contributed by atoms with E-state index in [0.29, 0.717) is 24.9 Å². The number of aromatic amines is 1. The number of nitrogens with zero attached hydrogens (tertiary/aromatic N) is 4. The number of β-amino-alcohol motifs (C(OH)–C–C–N with tert-alkyl or cyclic N) is 2. The number of aliphatic hydroxyl groups is 2. The first-order chi connectivity index (χ1) is 18.5. The van der Waals surface area contributed by atoms with Crippen LogP contribution in [0.2, 0.25) is 0 Å². The van der Waals surface area contributed by atoms with Crippen LogP contribution in [0.15, 0.2) is 24.4 Å². The largest absolute Gasteiger partial charge is 0.389 e. The summed E-state index contributed by atoms with van der Waals surface area (Å²) < 4.78 is 43.7. The molecule has 1 aliphatic carbocycles. The van der Waals surface area contributed by atoms with Crippen LogP contribution >= 0.6 is 0 Å². The summed E-state index contributed by atoms with van der Waals surface area (Å²) >= 11 is 0. The van der Waals surface area contributed by atoms with E-state index in [4.69, 9.17) is 0 Å². The zero-order valence-corrected chi connectivity index (χ0v) is 22.2. The lowest BCUT2D eigenvalue weighted by Gasteiger charge is -2.35. The first kappa shape index (κ1) is 27.4. The zero-order valence-electron chi connectivity index (χ0n) is 22.2. The molecule has 1 aromatic carbocycles. The molecule has 2 fully saturated rings. The normalized spacial score (nSPS) is 24.2. The molecule has 5 N–H and O–H groups in total. The fraction of sp³-hybridized carbons (Fsp3) is 0.519. The van der Waals surface area contributed by atoms with Crippen LogP contribution in [0.1, 0.15) is 60.9 Å². The van der Waals surface area contributed by atoms with E-state index in [1.165, 1.54) is 6.07 Å². The minimum absolute atomic E-state index is 0.0284. The number of hydrogen-bond acceptors (Lipinski definition) is 8. The van der Waals surface area contributed by atoms with Crippen molar-refractivity contribution < 1.29 is 23.4 Å². The number of aromatic nitrogens is 4. The molecule has 5 rings (SSSR count). The fourth-order valence-corrected chi connectivity index (χ4v) is 5.66. The third kappa shape index (κ3) is 6.02. The Hall–Kier alpha value is -3.22. The number of anilines is 4. The van der Waals surface area contributed by atoms with E-state index in [-0.39, 0.29) is 23.4 Å². The van der Waals surface area contributed by atoms with Gasteiger partial charge in [0.25, 0.3) is 5.92 Å². The van der Waals surface area contributed by atoms with Gasteiger partial charge in [-0.1, -0.05) is 0 Å². The van der Waals surface area contributed by atoms with Crippen LogP contribution in [0.25, 0.3) is 0 Å². The molecule has 0 amide bonds. The Bertz CT molecular complexity index is 1310.